The maximum atomic E-state index is 12.8. The molecule has 0 saturated carbocycles. The van der Waals surface area contributed by atoms with E-state index < -0.39 is 5.60 Å². The number of piperidine rings is 1. The molecule has 0 bridgehead atoms. The van der Waals surface area contributed by atoms with Crippen molar-refractivity contribution >= 4 is 5.97 Å². The summed E-state index contributed by atoms with van der Waals surface area (Å²) in [5.74, 6) is 1.06. The molecule has 1 N–H and O–H groups in total. The fraction of sp³-hybridized carbons (Fsp3) is 0.581. The van der Waals surface area contributed by atoms with Gasteiger partial charge in [-0.1, -0.05) is 76.1 Å². The summed E-state index contributed by atoms with van der Waals surface area (Å²) in [6, 6.07) is 15.9. The lowest BCUT2D eigenvalue weighted by atomic mass is 9.83. The maximum Gasteiger partial charge on any atom is 0.338 e. The van der Waals surface area contributed by atoms with E-state index in [4.69, 9.17) is 9.47 Å². The van der Waals surface area contributed by atoms with Crippen LogP contribution >= 0.6 is 0 Å². The topological polar surface area (TPSA) is 47.6 Å². The molecular weight excluding hydrogens is 434 g/mol. The Morgan fingerprint density at radius 2 is 1.37 bits per heavy atom. The number of carbonyl (C=O) groups is 1. The fourth-order valence-electron chi connectivity index (χ4n) is 4.87. The molecule has 0 radical (unpaired) electrons. The normalized spacial score (nSPS) is 14.6. The zero-order valence-electron chi connectivity index (χ0n) is 22.1. The number of nitrogens with one attached hydrogen (secondary N) is 1. The highest BCUT2D eigenvalue weighted by Crippen LogP contribution is 2.30. The van der Waals surface area contributed by atoms with Crippen LogP contribution in [0.25, 0.3) is 11.1 Å². The lowest BCUT2D eigenvalue weighted by molar-refractivity contribution is -0.0368. The summed E-state index contributed by atoms with van der Waals surface area (Å²) in [5, 5.41) is 3.37. The first-order valence-corrected chi connectivity index (χ1v) is 13.8. The number of hydrogen-bond donors (Lipinski definition) is 1. The lowest BCUT2D eigenvalue weighted by Gasteiger charge is -2.36. The molecule has 192 valence electrons. The zero-order chi connectivity index (χ0) is 24.9. The number of hydrogen-bond acceptors (Lipinski definition) is 4. The Bertz CT molecular complexity index is 867. The number of esters is 1. The van der Waals surface area contributed by atoms with E-state index >= 15 is 0 Å². The monoisotopic (exact) mass is 479 g/mol. The molecule has 0 spiro atoms. The van der Waals surface area contributed by atoms with Gasteiger partial charge >= 0.3 is 5.97 Å². The molecule has 2 aromatic rings. The number of ether oxygens (including phenoxy) is 2. The van der Waals surface area contributed by atoms with Gasteiger partial charge in [-0.3, -0.25) is 0 Å². The molecule has 4 nitrogen and oxygen atoms in total. The molecule has 0 unspecified atom stereocenters. The minimum Gasteiger partial charge on any atom is -0.494 e. The van der Waals surface area contributed by atoms with E-state index in [1.807, 2.05) is 50.2 Å². The van der Waals surface area contributed by atoms with Crippen LogP contribution in [0.15, 0.2) is 48.5 Å². The second kappa shape index (κ2) is 14.3. The van der Waals surface area contributed by atoms with Gasteiger partial charge in [-0.15, -0.1) is 0 Å². The van der Waals surface area contributed by atoms with Gasteiger partial charge in [-0.25, -0.2) is 4.79 Å². The molecule has 1 aliphatic heterocycles. The van der Waals surface area contributed by atoms with Gasteiger partial charge in [0.05, 0.1) is 12.2 Å². The Balaban J connectivity index is 1.42. The van der Waals surface area contributed by atoms with E-state index in [2.05, 4.69) is 24.4 Å². The van der Waals surface area contributed by atoms with Crippen LogP contribution in [0.1, 0.15) is 95.3 Å². The summed E-state index contributed by atoms with van der Waals surface area (Å²) in [6.45, 7) is 9.09. The van der Waals surface area contributed by atoms with Gasteiger partial charge in [0.2, 0.25) is 0 Å². The van der Waals surface area contributed by atoms with Crippen molar-refractivity contribution in [3.8, 4) is 16.9 Å². The molecule has 35 heavy (non-hydrogen) atoms. The molecule has 1 aliphatic rings. The first kappa shape index (κ1) is 27.3. The third-order valence-corrected chi connectivity index (χ3v) is 7.25. The van der Waals surface area contributed by atoms with Crippen LogP contribution < -0.4 is 10.1 Å². The summed E-state index contributed by atoms with van der Waals surface area (Å²) < 4.78 is 11.8. The van der Waals surface area contributed by atoms with E-state index in [1.165, 1.54) is 44.9 Å². The van der Waals surface area contributed by atoms with Crippen LogP contribution in [0.2, 0.25) is 0 Å². The number of unbranched alkanes of at least 4 members (excludes halogenated alkanes) is 7. The third-order valence-electron chi connectivity index (χ3n) is 7.25. The van der Waals surface area contributed by atoms with E-state index in [-0.39, 0.29) is 5.97 Å². The van der Waals surface area contributed by atoms with Crippen LogP contribution in [-0.4, -0.2) is 31.3 Å². The molecule has 2 aromatic carbocycles. The number of carbonyl (C=O) groups excluding carboxylic acids is 1. The molecule has 1 heterocycles. The smallest absolute Gasteiger partial charge is 0.338 e. The van der Waals surface area contributed by atoms with Crippen molar-refractivity contribution in [2.24, 2.45) is 5.92 Å². The molecule has 0 aromatic heterocycles. The summed E-state index contributed by atoms with van der Waals surface area (Å²) in [6.07, 6.45) is 12.5. The second-order valence-corrected chi connectivity index (χ2v) is 10.4. The molecule has 4 heteroatoms. The first-order chi connectivity index (χ1) is 17.0. The minimum atomic E-state index is -0.456. The van der Waals surface area contributed by atoms with Gasteiger partial charge in [0, 0.05) is 5.92 Å². The lowest BCUT2D eigenvalue weighted by Crippen LogP contribution is -2.42. The highest BCUT2D eigenvalue weighted by atomic mass is 16.6. The summed E-state index contributed by atoms with van der Waals surface area (Å²) in [7, 11) is 0. The van der Waals surface area contributed by atoms with Gasteiger partial charge in [0.15, 0.2) is 0 Å². The van der Waals surface area contributed by atoms with Crippen LogP contribution in [-0.2, 0) is 4.74 Å². The Hall–Kier alpha value is -2.33. The SMILES string of the molecule is CCCCCCCCCCOc1ccc(-c2ccc(C(=O)OC(C)(C)C3CCNCC3)cc2)cc1. The highest BCUT2D eigenvalue weighted by molar-refractivity contribution is 5.90. The van der Waals surface area contributed by atoms with Gasteiger partial charge in [-0.05, 0) is 81.6 Å². The second-order valence-electron chi connectivity index (χ2n) is 10.4. The van der Waals surface area contributed by atoms with Crippen LogP contribution in [0, 0.1) is 5.92 Å². The quantitative estimate of drug-likeness (QED) is 0.222. The van der Waals surface area contributed by atoms with E-state index in [1.54, 1.807) is 0 Å². The van der Waals surface area contributed by atoms with Crippen molar-refractivity contribution in [2.45, 2.75) is 90.6 Å². The Kier molecular flexibility index (Phi) is 11.1. The van der Waals surface area contributed by atoms with Crippen molar-refractivity contribution in [1.82, 2.24) is 5.32 Å². The Morgan fingerprint density at radius 3 is 1.97 bits per heavy atom. The van der Waals surface area contributed by atoms with Crippen LogP contribution in [0.3, 0.4) is 0 Å². The van der Waals surface area contributed by atoms with Crippen molar-refractivity contribution in [2.75, 3.05) is 19.7 Å². The van der Waals surface area contributed by atoms with Gasteiger partial charge < -0.3 is 14.8 Å². The predicted molar refractivity (Wildman–Crippen MR) is 145 cm³/mol. The Morgan fingerprint density at radius 1 is 0.829 bits per heavy atom. The van der Waals surface area contributed by atoms with Gasteiger partial charge in [-0.2, -0.15) is 0 Å². The fourth-order valence-corrected chi connectivity index (χ4v) is 4.87. The molecule has 1 fully saturated rings. The first-order valence-electron chi connectivity index (χ1n) is 13.8. The predicted octanol–water partition coefficient (Wildman–Crippen LogP) is 7.81. The largest absolute Gasteiger partial charge is 0.494 e. The molecule has 0 aliphatic carbocycles. The van der Waals surface area contributed by atoms with Gasteiger partial charge in [0.25, 0.3) is 0 Å². The molecular formula is C31H45NO3. The summed E-state index contributed by atoms with van der Waals surface area (Å²) in [4.78, 5) is 12.8. The zero-order valence-corrected chi connectivity index (χ0v) is 22.1. The van der Waals surface area contributed by atoms with E-state index in [0.29, 0.717) is 11.5 Å². The van der Waals surface area contributed by atoms with E-state index in [9.17, 15) is 4.79 Å². The number of benzene rings is 2. The minimum absolute atomic E-state index is 0.246. The average molecular weight is 480 g/mol. The molecule has 3 rings (SSSR count). The van der Waals surface area contributed by atoms with Crippen molar-refractivity contribution in [3.05, 3.63) is 54.1 Å². The van der Waals surface area contributed by atoms with Crippen LogP contribution in [0.5, 0.6) is 5.75 Å². The van der Waals surface area contributed by atoms with Gasteiger partial charge in [0.1, 0.15) is 11.4 Å². The molecule has 0 amide bonds. The summed E-state index contributed by atoms with van der Waals surface area (Å²) >= 11 is 0. The average Bonchev–Trinajstić information content (AvgIpc) is 2.88. The standard InChI is InChI=1S/C31H45NO3/c1-4-5-6-7-8-9-10-11-24-34-29-18-16-26(17-19-29)25-12-14-27(15-13-25)30(33)35-31(2,3)28-20-22-32-23-21-28/h12-19,28,32H,4-11,20-24H2,1-3H3. The van der Waals surface area contributed by atoms with Crippen LogP contribution in [0.4, 0.5) is 0 Å². The summed E-state index contributed by atoms with van der Waals surface area (Å²) in [5.41, 5.74) is 2.33. The van der Waals surface area contributed by atoms with Crippen molar-refractivity contribution in [3.63, 3.8) is 0 Å². The maximum absolute atomic E-state index is 12.8. The van der Waals surface area contributed by atoms with Crippen molar-refractivity contribution < 1.29 is 14.3 Å². The number of rotatable bonds is 14. The Labute approximate surface area is 212 Å². The van der Waals surface area contributed by atoms with E-state index in [0.717, 1.165) is 55.8 Å². The highest BCUT2D eigenvalue weighted by Gasteiger charge is 2.34. The molecule has 1 saturated heterocycles. The third kappa shape index (κ3) is 9.00. The molecule has 0 atom stereocenters. The van der Waals surface area contributed by atoms with Crippen molar-refractivity contribution in [1.29, 1.82) is 0 Å².